The van der Waals surface area contributed by atoms with Gasteiger partial charge in [-0.25, -0.2) is 4.79 Å². The first kappa shape index (κ1) is 9.56. The average molecular weight is 195 g/mol. The molecular weight excluding hydrogens is 178 g/mol. The van der Waals surface area contributed by atoms with Crippen LogP contribution in [0.3, 0.4) is 0 Å². The molecule has 0 radical (unpaired) electrons. The van der Waals surface area contributed by atoms with E-state index in [1.54, 1.807) is 6.20 Å². The van der Waals surface area contributed by atoms with E-state index in [1.807, 2.05) is 0 Å². The summed E-state index contributed by atoms with van der Waals surface area (Å²) in [7, 11) is 1.39. The van der Waals surface area contributed by atoms with Gasteiger partial charge in [0.15, 0.2) is 0 Å². The van der Waals surface area contributed by atoms with Crippen molar-refractivity contribution in [3.05, 3.63) is 12.3 Å². The molecule has 2 saturated carbocycles. The van der Waals surface area contributed by atoms with Crippen molar-refractivity contribution in [2.45, 2.75) is 31.7 Å². The van der Waals surface area contributed by atoms with Crippen molar-refractivity contribution in [2.75, 3.05) is 7.11 Å². The van der Waals surface area contributed by atoms with E-state index in [4.69, 9.17) is 0 Å². The van der Waals surface area contributed by atoms with Crippen LogP contribution in [-0.4, -0.2) is 19.1 Å². The second-order valence-electron chi connectivity index (χ2n) is 4.30. The van der Waals surface area contributed by atoms with Crippen molar-refractivity contribution in [3.8, 4) is 0 Å². The molecule has 0 spiro atoms. The minimum atomic E-state index is -0.291. The van der Waals surface area contributed by atoms with E-state index in [0.29, 0.717) is 6.04 Å². The van der Waals surface area contributed by atoms with E-state index >= 15 is 0 Å². The third kappa shape index (κ3) is 1.91. The average Bonchev–Trinajstić information content (AvgIpc) is 2.79. The first-order valence-corrected chi connectivity index (χ1v) is 5.30. The minimum absolute atomic E-state index is 0.291. The van der Waals surface area contributed by atoms with E-state index in [1.165, 1.54) is 38.9 Å². The number of carbonyl (C=O) groups is 1. The van der Waals surface area contributed by atoms with Crippen LogP contribution in [0.2, 0.25) is 0 Å². The maximum atomic E-state index is 10.8. The molecule has 3 unspecified atom stereocenters. The van der Waals surface area contributed by atoms with Gasteiger partial charge in [-0.15, -0.1) is 0 Å². The van der Waals surface area contributed by atoms with Gasteiger partial charge in [-0.2, -0.15) is 0 Å². The second-order valence-corrected chi connectivity index (χ2v) is 4.30. The van der Waals surface area contributed by atoms with Crippen LogP contribution >= 0.6 is 0 Å². The van der Waals surface area contributed by atoms with Crippen LogP contribution < -0.4 is 5.32 Å². The molecule has 3 nitrogen and oxygen atoms in total. The smallest absolute Gasteiger partial charge is 0.331 e. The summed E-state index contributed by atoms with van der Waals surface area (Å²) in [5.41, 5.74) is 0. The Morgan fingerprint density at radius 3 is 2.86 bits per heavy atom. The Bertz CT molecular complexity index is 250. The van der Waals surface area contributed by atoms with E-state index in [-0.39, 0.29) is 5.97 Å². The van der Waals surface area contributed by atoms with Gasteiger partial charge in [0.2, 0.25) is 0 Å². The van der Waals surface area contributed by atoms with Gasteiger partial charge in [0.1, 0.15) is 0 Å². The molecule has 2 aliphatic rings. The number of hydrogen-bond donors (Lipinski definition) is 1. The number of methoxy groups -OCH3 is 1. The quantitative estimate of drug-likeness (QED) is 0.547. The Kier molecular flexibility index (Phi) is 2.75. The molecule has 0 aliphatic heterocycles. The first-order valence-electron chi connectivity index (χ1n) is 5.30. The molecule has 2 aliphatic carbocycles. The van der Waals surface area contributed by atoms with Crippen molar-refractivity contribution in [1.82, 2.24) is 5.32 Å². The van der Waals surface area contributed by atoms with Crippen LogP contribution in [0.4, 0.5) is 0 Å². The lowest BCUT2D eigenvalue weighted by molar-refractivity contribution is -0.134. The lowest BCUT2D eigenvalue weighted by atomic mass is 9.96. The van der Waals surface area contributed by atoms with Gasteiger partial charge < -0.3 is 10.1 Å². The molecule has 0 aromatic rings. The Balaban J connectivity index is 1.76. The number of fused-ring (bicyclic) bond motifs is 2. The van der Waals surface area contributed by atoms with E-state index in [0.717, 1.165) is 11.8 Å². The molecule has 0 heterocycles. The number of nitrogens with one attached hydrogen (secondary N) is 1. The third-order valence-corrected chi connectivity index (χ3v) is 3.47. The Hall–Kier alpha value is -0.990. The molecular formula is C11H17NO2. The van der Waals surface area contributed by atoms with Gasteiger partial charge in [-0.1, -0.05) is 6.42 Å². The summed E-state index contributed by atoms with van der Waals surface area (Å²) in [5.74, 6) is 1.48. The van der Waals surface area contributed by atoms with E-state index < -0.39 is 0 Å². The fourth-order valence-corrected chi connectivity index (χ4v) is 2.76. The molecule has 1 N–H and O–H groups in total. The van der Waals surface area contributed by atoms with Crippen molar-refractivity contribution in [3.63, 3.8) is 0 Å². The lowest BCUT2D eigenvalue weighted by Crippen LogP contribution is -2.30. The molecule has 78 valence electrons. The van der Waals surface area contributed by atoms with E-state index in [9.17, 15) is 4.79 Å². The maximum Gasteiger partial charge on any atom is 0.331 e. The maximum absolute atomic E-state index is 10.8. The molecule has 0 saturated heterocycles. The second kappa shape index (κ2) is 4.03. The molecule has 2 fully saturated rings. The fourth-order valence-electron chi connectivity index (χ4n) is 2.76. The summed E-state index contributed by atoms with van der Waals surface area (Å²) >= 11 is 0. The third-order valence-electron chi connectivity index (χ3n) is 3.47. The summed E-state index contributed by atoms with van der Waals surface area (Å²) in [5, 5.41) is 3.30. The van der Waals surface area contributed by atoms with Gasteiger partial charge in [-0.3, -0.25) is 0 Å². The number of ether oxygens (including phenoxy) is 1. The Morgan fingerprint density at radius 1 is 1.43 bits per heavy atom. The molecule has 0 amide bonds. The van der Waals surface area contributed by atoms with Crippen molar-refractivity contribution < 1.29 is 9.53 Å². The van der Waals surface area contributed by atoms with Gasteiger partial charge in [0, 0.05) is 18.3 Å². The predicted molar refractivity (Wildman–Crippen MR) is 53.5 cm³/mol. The zero-order valence-corrected chi connectivity index (χ0v) is 8.53. The summed E-state index contributed by atoms with van der Waals surface area (Å²) in [6.07, 6.45) is 8.60. The highest BCUT2D eigenvalue weighted by Gasteiger charge is 2.38. The molecule has 14 heavy (non-hydrogen) atoms. The first-order chi connectivity index (χ1) is 6.79. The van der Waals surface area contributed by atoms with Crippen LogP contribution in [0.1, 0.15) is 25.7 Å². The van der Waals surface area contributed by atoms with Crippen LogP contribution in [-0.2, 0) is 9.53 Å². The summed E-state index contributed by atoms with van der Waals surface area (Å²) in [6.45, 7) is 0. The highest BCUT2D eigenvalue weighted by molar-refractivity contribution is 5.81. The number of rotatable bonds is 3. The van der Waals surface area contributed by atoms with Crippen molar-refractivity contribution in [2.24, 2.45) is 11.8 Å². The predicted octanol–water partition coefficient (Wildman–Crippen LogP) is 1.45. The van der Waals surface area contributed by atoms with Crippen LogP contribution in [0.25, 0.3) is 0 Å². The Labute approximate surface area is 84.5 Å². The number of carbonyl (C=O) groups excluding carboxylic acids is 1. The van der Waals surface area contributed by atoms with Crippen LogP contribution in [0.15, 0.2) is 12.3 Å². The van der Waals surface area contributed by atoms with Gasteiger partial charge in [0.25, 0.3) is 0 Å². The highest BCUT2D eigenvalue weighted by Crippen LogP contribution is 2.44. The molecule has 0 aromatic heterocycles. The lowest BCUT2D eigenvalue weighted by Gasteiger charge is -2.21. The molecule has 3 atom stereocenters. The monoisotopic (exact) mass is 195 g/mol. The zero-order valence-electron chi connectivity index (χ0n) is 8.53. The largest absolute Gasteiger partial charge is 0.466 e. The Morgan fingerprint density at radius 2 is 2.29 bits per heavy atom. The highest BCUT2D eigenvalue weighted by atomic mass is 16.5. The van der Waals surface area contributed by atoms with Gasteiger partial charge in [-0.05, 0) is 31.1 Å². The number of esters is 1. The fraction of sp³-hybridized carbons (Fsp3) is 0.727. The minimum Gasteiger partial charge on any atom is -0.466 e. The molecule has 3 heteroatoms. The molecule has 2 rings (SSSR count). The van der Waals surface area contributed by atoms with E-state index in [2.05, 4.69) is 10.1 Å². The van der Waals surface area contributed by atoms with Crippen LogP contribution in [0, 0.1) is 11.8 Å². The van der Waals surface area contributed by atoms with Crippen molar-refractivity contribution in [1.29, 1.82) is 0 Å². The van der Waals surface area contributed by atoms with Gasteiger partial charge >= 0.3 is 5.97 Å². The SMILES string of the molecule is COC(=O)/C=C/NC1CC2CCC1C2. The summed E-state index contributed by atoms with van der Waals surface area (Å²) < 4.78 is 4.51. The standard InChI is InChI=1S/C11H17NO2/c1-14-11(13)4-5-12-10-7-8-2-3-9(10)6-8/h4-5,8-10,12H,2-3,6-7H2,1H3/b5-4+. The number of hydrogen-bond acceptors (Lipinski definition) is 3. The topological polar surface area (TPSA) is 38.3 Å². The van der Waals surface area contributed by atoms with Gasteiger partial charge in [0.05, 0.1) is 7.11 Å². The molecule has 2 bridgehead atoms. The summed E-state index contributed by atoms with van der Waals surface area (Å²) in [6, 6.07) is 0.592. The zero-order chi connectivity index (χ0) is 9.97. The summed E-state index contributed by atoms with van der Waals surface area (Å²) in [4.78, 5) is 10.8. The van der Waals surface area contributed by atoms with Crippen LogP contribution in [0.5, 0.6) is 0 Å². The molecule has 0 aromatic carbocycles. The van der Waals surface area contributed by atoms with Crippen molar-refractivity contribution >= 4 is 5.97 Å². The normalized spacial score (nSPS) is 35.1.